The van der Waals surface area contributed by atoms with Crippen LogP contribution in [0.25, 0.3) is 22.6 Å². The van der Waals surface area contributed by atoms with E-state index in [0.717, 1.165) is 12.1 Å². The summed E-state index contributed by atoms with van der Waals surface area (Å²) < 4.78 is 25.6. The number of nitrogens with zero attached hydrogens (tertiary/aromatic N) is 3. The molecule has 0 saturated carbocycles. The summed E-state index contributed by atoms with van der Waals surface area (Å²) in [6, 6.07) is 17.4. The van der Waals surface area contributed by atoms with Gasteiger partial charge in [0.1, 0.15) is 5.82 Å². The van der Waals surface area contributed by atoms with E-state index in [1.165, 1.54) is 12.1 Å². The fourth-order valence-corrected chi connectivity index (χ4v) is 4.06. The van der Waals surface area contributed by atoms with Gasteiger partial charge >= 0.3 is 0 Å². The second kappa shape index (κ2) is 11.1. The minimum Gasteiger partial charge on any atom is -0.355 e. The molecule has 9 nitrogen and oxygen atoms in total. The number of aromatic nitrogens is 4. The fourth-order valence-electron chi connectivity index (χ4n) is 4.06. The monoisotopic (exact) mass is 516 g/mol. The van der Waals surface area contributed by atoms with Gasteiger partial charge in [0.05, 0.1) is 35.7 Å². The minimum absolute atomic E-state index is 0.107. The van der Waals surface area contributed by atoms with Crippen LogP contribution in [0.15, 0.2) is 66.9 Å². The van der Waals surface area contributed by atoms with Crippen LogP contribution in [0.2, 0.25) is 0 Å². The average Bonchev–Trinajstić information content (AvgIpc) is 3.39. The Morgan fingerprint density at radius 2 is 1.82 bits per heavy atom. The Morgan fingerprint density at radius 1 is 1.08 bits per heavy atom. The van der Waals surface area contributed by atoms with Crippen molar-refractivity contribution >= 4 is 17.5 Å². The topological polar surface area (TPSA) is 114 Å². The van der Waals surface area contributed by atoms with Crippen LogP contribution in [-0.4, -0.2) is 45.6 Å². The molecule has 1 fully saturated rings. The summed E-state index contributed by atoms with van der Waals surface area (Å²) in [6.45, 7) is 4.76. The Kier molecular flexibility index (Phi) is 7.43. The van der Waals surface area contributed by atoms with Gasteiger partial charge in [0.2, 0.25) is 18.1 Å². The second-order valence-electron chi connectivity index (χ2n) is 9.38. The van der Waals surface area contributed by atoms with E-state index in [1.54, 1.807) is 24.4 Å². The zero-order valence-corrected chi connectivity index (χ0v) is 21.2. The first-order chi connectivity index (χ1) is 18.4. The van der Waals surface area contributed by atoms with E-state index < -0.39 is 11.7 Å². The lowest BCUT2D eigenvalue weighted by Crippen LogP contribution is -2.48. The first kappa shape index (κ1) is 25.5. The number of hydrogen-bond acceptors (Lipinski definition) is 7. The number of halogens is 1. The van der Waals surface area contributed by atoms with Crippen molar-refractivity contribution in [3.05, 3.63) is 78.5 Å². The van der Waals surface area contributed by atoms with Gasteiger partial charge in [0, 0.05) is 24.0 Å². The summed E-state index contributed by atoms with van der Waals surface area (Å²) in [5.41, 5.74) is 2.49. The Hall–Kier alpha value is -4.15. The molecule has 5 rings (SSSR count). The highest BCUT2D eigenvalue weighted by Crippen LogP contribution is 2.35. The van der Waals surface area contributed by atoms with E-state index in [2.05, 4.69) is 25.6 Å². The number of carbonyl (C=O) groups excluding carboxylic acids is 1. The molecule has 0 unspecified atom stereocenters. The SMILES string of the molecule is CCCNC(=O)C1(C)COC(c2nc(-c3ccc(F)cc3)c(-c3ccnc(Nc4ccccc4)n3)[nH]2)OC1. The van der Waals surface area contributed by atoms with Crippen LogP contribution >= 0.6 is 0 Å². The first-order valence-corrected chi connectivity index (χ1v) is 12.5. The molecular weight excluding hydrogens is 487 g/mol. The number of carbonyl (C=O) groups is 1. The molecule has 3 heterocycles. The number of ether oxygens (including phenoxy) is 2. The molecule has 2 aromatic heterocycles. The Morgan fingerprint density at radius 3 is 2.53 bits per heavy atom. The lowest BCUT2D eigenvalue weighted by Gasteiger charge is -2.35. The van der Waals surface area contributed by atoms with Gasteiger partial charge in [-0.05, 0) is 55.8 Å². The van der Waals surface area contributed by atoms with Crippen LogP contribution in [0.5, 0.6) is 0 Å². The van der Waals surface area contributed by atoms with Crippen LogP contribution in [0.3, 0.4) is 0 Å². The maximum absolute atomic E-state index is 13.7. The van der Waals surface area contributed by atoms with Crippen LogP contribution in [-0.2, 0) is 14.3 Å². The van der Waals surface area contributed by atoms with Crippen molar-refractivity contribution in [1.29, 1.82) is 0 Å². The van der Waals surface area contributed by atoms with E-state index >= 15 is 0 Å². The number of H-pyrrole nitrogens is 1. The molecule has 0 radical (unpaired) electrons. The summed E-state index contributed by atoms with van der Waals surface area (Å²) in [4.78, 5) is 29.6. The van der Waals surface area contributed by atoms with Crippen molar-refractivity contribution in [2.24, 2.45) is 5.41 Å². The Labute approximate surface area is 219 Å². The summed E-state index contributed by atoms with van der Waals surface area (Å²) in [5.74, 6) is 0.381. The van der Waals surface area contributed by atoms with E-state index in [9.17, 15) is 9.18 Å². The third-order valence-corrected chi connectivity index (χ3v) is 6.19. The smallest absolute Gasteiger partial charge is 0.230 e. The van der Waals surface area contributed by atoms with Crippen molar-refractivity contribution in [3.8, 4) is 22.6 Å². The largest absolute Gasteiger partial charge is 0.355 e. The van der Waals surface area contributed by atoms with Crippen LogP contribution in [0.1, 0.15) is 32.4 Å². The predicted octanol–water partition coefficient (Wildman–Crippen LogP) is 4.99. The van der Waals surface area contributed by atoms with Gasteiger partial charge in [-0.15, -0.1) is 0 Å². The van der Waals surface area contributed by atoms with E-state index in [4.69, 9.17) is 14.5 Å². The lowest BCUT2D eigenvalue weighted by molar-refractivity contribution is -0.231. The van der Waals surface area contributed by atoms with Gasteiger partial charge in [-0.3, -0.25) is 4.79 Å². The molecule has 0 bridgehead atoms. The third-order valence-electron chi connectivity index (χ3n) is 6.19. The molecule has 0 spiro atoms. The number of rotatable bonds is 8. The average molecular weight is 517 g/mol. The van der Waals surface area contributed by atoms with Crippen LogP contribution in [0, 0.1) is 11.2 Å². The number of nitrogens with one attached hydrogen (secondary N) is 3. The zero-order valence-electron chi connectivity index (χ0n) is 21.2. The highest BCUT2D eigenvalue weighted by Gasteiger charge is 2.40. The molecule has 0 aliphatic carbocycles. The molecule has 1 saturated heterocycles. The molecule has 10 heteroatoms. The van der Waals surface area contributed by atoms with Crippen molar-refractivity contribution < 1.29 is 18.7 Å². The maximum Gasteiger partial charge on any atom is 0.230 e. The van der Waals surface area contributed by atoms with Crippen molar-refractivity contribution in [2.75, 3.05) is 25.1 Å². The molecule has 1 amide bonds. The van der Waals surface area contributed by atoms with Gasteiger partial charge in [-0.25, -0.2) is 19.3 Å². The summed E-state index contributed by atoms with van der Waals surface area (Å²) in [5, 5.41) is 6.10. The number of para-hydroxylation sites is 1. The van der Waals surface area contributed by atoms with Crippen molar-refractivity contribution in [1.82, 2.24) is 25.3 Å². The third kappa shape index (κ3) is 5.56. The molecule has 1 aliphatic heterocycles. The van der Waals surface area contributed by atoms with Crippen LogP contribution < -0.4 is 10.6 Å². The fraction of sp³-hybridized carbons (Fsp3) is 0.286. The summed E-state index contributed by atoms with van der Waals surface area (Å²) in [7, 11) is 0. The first-order valence-electron chi connectivity index (χ1n) is 12.5. The standard InChI is InChI=1S/C28H29FN6O3/c1-3-14-30-26(36)28(2)16-37-25(38-17-28)24-34-22(18-9-11-19(29)12-10-18)23(35-24)21-13-15-31-27(33-21)32-20-7-5-4-6-8-20/h4-13,15,25H,3,14,16-17H2,1-2H3,(H,30,36)(H,34,35)(H,31,32,33). The van der Waals surface area contributed by atoms with Gasteiger partial charge in [0.15, 0.2) is 5.82 Å². The van der Waals surface area contributed by atoms with E-state index in [-0.39, 0.29) is 24.9 Å². The van der Waals surface area contributed by atoms with Gasteiger partial charge in [-0.2, -0.15) is 0 Å². The predicted molar refractivity (Wildman–Crippen MR) is 141 cm³/mol. The summed E-state index contributed by atoms with van der Waals surface area (Å²) >= 11 is 0. The quantitative estimate of drug-likeness (QED) is 0.302. The number of amides is 1. The Balaban J connectivity index is 1.44. The number of aromatic amines is 1. The van der Waals surface area contributed by atoms with Gasteiger partial charge in [0.25, 0.3) is 0 Å². The highest BCUT2D eigenvalue weighted by atomic mass is 19.1. The van der Waals surface area contributed by atoms with E-state index in [0.29, 0.717) is 41.0 Å². The van der Waals surface area contributed by atoms with Gasteiger partial charge < -0.3 is 25.1 Å². The van der Waals surface area contributed by atoms with E-state index in [1.807, 2.05) is 44.2 Å². The number of anilines is 2. The molecule has 2 aromatic carbocycles. The molecule has 0 atom stereocenters. The second-order valence-corrected chi connectivity index (χ2v) is 9.38. The number of benzene rings is 2. The minimum atomic E-state index is -0.807. The molecule has 196 valence electrons. The highest BCUT2D eigenvalue weighted by molar-refractivity contribution is 5.82. The maximum atomic E-state index is 13.7. The van der Waals surface area contributed by atoms with Crippen LogP contribution in [0.4, 0.5) is 16.0 Å². The normalized spacial score (nSPS) is 19.2. The van der Waals surface area contributed by atoms with Crippen molar-refractivity contribution in [2.45, 2.75) is 26.6 Å². The molecule has 1 aliphatic rings. The summed E-state index contributed by atoms with van der Waals surface area (Å²) in [6.07, 6.45) is 1.69. The molecule has 38 heavy (non-hydrogen) atoms. The Bertz CT molecular complexity index is 1390. The van der Waals surface area contributed by atoms with Gasteiger partial charge in [-0.1, -0.05) is 25.1 Å². The number of hydrogen-bond donors (Lipinski definition) is 3. The molecule has 3 N–H and O–H groups in total. The molecule has 4 aromatic rings. The molecular formula is C28H29FN6O3. The van der Waals surface area contributed by atoms with Crippen molar-refractivity contribution in [3.63, 3.8) is 0 Å². The lowest BCUT2D eigenvalue weighted by atomic mass is 9.91. The zero-order chi connectivity index (χ0) is 26.5. The number of imidazole rings is 1.